The highest BCUT2D eigenvalue weighted by Gasteiger charge is 2.19. The largest absolute Gasteiger partial charge is 0.497 e. The van der Waals surface area contributed by atoms with Gasteiger partial charge in [0.15, 0.2) is 0 Å². The molecule has 2 aromatic carbocycles. The van der Waals surface area contributed by atoms with Crippen molar-refractivity contribution in [2.24, 2.45) is 0 Å². The van der Waals surface area contributed by atoms with E-state index >= 15 is 0 Å². The molecule has 1 aliphatic rings. The molecule has 5 nitrogen and oxygen atoms in total. The molecule has 0 unspecified atom stereocenters. The zero-order valence-electron chi connectivity index (χ0n) is 16.3. The lowest BCUT2D eigenvalue weighted by molar-refractivity contribution is -0.131. The van der Waals surface area contributed by atoms with E-state index in [9.17, 15) is 4.79 Å². The molecule has 0 saturated carbocycles. The van der Waals surface area contributed by atoms with E-state index in [1.165, 1.54) is 5.69 Å². The van der Waals surface area contributed by atoms with Crippen LogP contribution in [-0.2, 0) is 4.79 Å². The Hall–Kier alpha value is -2.21. The van der Waals surface area contributed by atoms with Gasteiger partial charge >= 0.3 is 0 Å². The van der Waals surface area contributed by atoms with Gasteiger partial charge in [-0.3, -0.25) is 4.79 Å². The van der Waals surface area contributed by atoms with Crippen LogP contribution in [0.3, 0.4) is 0 Å². The molecule has 0 atom stereocenters. The predicted octanol–water partition coefficient (Wildman–Crippen LogP) is 4.36. The van der Waals surface area contributed by atoms with Crippen molar-refractivity contribution in [2.45, 2.75) is 19.3 Å². The molecule has 150 valence electrons. The number of carbonyl (C=O) groups excluding carboxylic acids is 1. The maximum atomic E-state index is 12.6. The number of anilines is 1. The third-order valence-electron chi connectivity index (χ3n) is 4.92. The Bertz CT molecular complexity index is 767. The fourth-order valence-corrected chi connectivity index (χ4v) is 3.74. The van der Waals surface area contributed by atoms with Crippen LogP contribution in [0.15, 0.2) is 53.0 Å². The van der Waals surface area contributed by atoms with Crippen LogP contribution < -0.4 is 14.4 Å². The zero-order chi connectivity index (χ0) is 19.8. The van der Waals surface area contributed by atoms with E-state index in [0.29, 0.717) is 13.0 Å². The fourth-order valence-electron chi connectivity index (χ4n) is 3.34. The minimum atomic E-state index is 0.215. The number of rotatable bonds is 7. The highest BCUT2D eigenvalue weighted by molar-refractivity contribution is 9.10. The van der Waals surface area contributed by atoms with Gasteiger partial charge in [0.05, 0.1) is 18.2 Å². The Balaban J connectivity index is 1.43. The summed E-state index contributed by atoms with van der Waals surface area (Å²) in [5.74, 6) is 1.90. The van der Waals surface area contributed by atoms with E-state index in [2.05, 4.69) is 33.0 Å². The molecule has 1 fully saturated rings. The van der Waals surface area contributed by atoms with Crippen molar-refractivity contribution < 1.29 is 14.3 Å². The number of nitrogens with zero attached hydrogens (tertiary/aromatic N) is 2. The van der Waals surface area contributed by atoms with Crippen LogP contribution in [0.2, 0.25) is 0 Å². The summed E-state index contributed by atoms with van der Waals surface area (Å²) >= 11 is 3.47. The molecule has 2 aromatic rings. The van der Waals surface area contributed by atoms with Crippen molar-refractivity contribution in [1.29, 1.82) is 0 Å². The van der Waals surface area contributed by atoms with Gasteiger partial charge in [-0.05, 0) is 65.2 Å². The molecule has 1 aliphatic heterocycles. The van der Waals surface area contributed by atoms with E-state index in [0.717, 1.165) is 55.0 Å². The molecule has 0 aliphatic carbocycles. The molecule has 1 saturated heterocycles. The Kier molecular flexibility index (Phi) is 7.60. The number of methoxy groups -OCH3 is 1. The average molecular weight is 447 g/mol. The third-order valence-corrected chi connectivity index (χ3v) is 5.57. The number of benzene rings is 2. The fraction of sp³-hybridized carbons (Fsp3) is 0.409. The summed E-state index contributed by atoms with van der Waals surface area (Å²) in [5.41, 5.74) is 1.18. The number of hydrogen-bond donors (Lipinski definition) is 0. The van der Waals surface area contributed by atoms with E-state index < -0.39 is 0 Å². The second kappa shape index (κ2) is 10.4. The molecular formula is C22H27BrN2O3. The van der Waals surface area contributed by atoms with Crippen LogP contribution >= 0.6 is 15.9 Å². The van der Waals surface area contributed by atoms with Crippen LogP contribution in [-0.4, -0.2) is 50.7 Å². The van der Waals surface area contributed by atoms with Crippen LogP contribution in [0.4, 0.5) is 5.69 Å². The Morgan fingerprint density at radius 1 is 1.04 bits per heavy atom. The molecule has 0 bridgehead atoms. The maximum Gasteiger partial charge on any atom is 0.222 e. The van der Waals surface area contributed by atoms with E-state index in [1.807, 2.05) is 41.3 Å². The molecule has 1 heterocycles. The monoisotopic (exact) mass is 446 g/mol. The molecular weight excluding hydrogens is 420 g/mol. The first-order chi connectivity index (χ1) is 13.7. The first-order valence-corrected chi connectivity index (χ1v) is 10.5. The summed E-state index contributed by atoms with van der Waals surface area (Å²) in [4.78, 5) is 16.9. The van der Waals surface area contributed by atoms with Gasteiger partial charge in [0.25, 0.3) is 0 Å². The van der Waals surface area contributed by atoms with Crippen LogP contribution in [0.25, 0.3) is 0 Å². The second-order valence-electron chi connectivity index (χ2n) is 6.80. The van der Waals surface area contributed by atoms with Gasteiger partial charge in [0, 0.05) is 38.3 Å². The lowest BCUT2D eigenvalue weighted by Crippen LogP contribution is -2.35. The summed E-state index contributed by atoms with van der Waals surface area (Å²) in [6.07, 6.45) is 2.22. The second-order valence-corrected chi connectivity index (χ2v) is 7.66. The molecule has 0 N–H and O–H groups in total. The molecule has 0 aromatic heterocycles. The van der Waals surface area contributed by atoms with Crippen molar-refractivity contribution in [3.8, 4) is 11.5 Å². The minimum Gasteiger partial charge on any atom is -0.497 e. The van der Waals surface area contributed by atoms with Crippen molar-refractivity contribution in [3.05, 3.63) is 53.0 Å². The molecule has 6 heteroatoms. The number of amides is 1. The molecule has 28 heavy (non-hydrogen) atoms. The molecule has 0 spiro atoms. The lowest BCUT2D eigenvalue weighted by atomic mass is 10.2. The first kappa shape index (κ1) is 20.5. The van der Waals surface area contributed by atoms with Gasteiger partial charge in [-0.25, -0.2) is 0 Å². The Labute approximate surface area is 175 Å². The van der Waals surface area contributed by atoms with E-state index in [1.54, 1.807) is 7.11 Å². The number of ether oxygens (including phenoxy) is 2. The van der Waals surface area contributed by atoms with E-state index in [-0.39, 0.29) is 5.91 Å². The highest BCUT2D eigenvalue weighted by atomic mass is 79.9. The van der Waals surface area contributed by atoms with Crippen LogP contribution in [0.5, 0.6) is 11.5 Å². The summed E-state index contributed by atoms with van der Waals surface area (Å²) in [5, 5.41) is 0. The van der Waals surface area contributed by atoms with Crippen molar-refractivity contribution in [3.63, 3.8) is 0 Å². The third kappa shape index (κ3) is 5.64. The molecule has 1 amide bonds. The molecule has 3 rings (SSSR count). The Morgan fingerprint density at radius 3 is 2.57 bits per heavy atom. The predicted molar refractivity (Wildman–Crippen MR) is 115 cm³/mol. The SMILES string of the molecule is COc1ccc(N2CCCN(C(=O)CCCOc3ccccc3Br)CC2)cc1. The topological polar surface area (TPSA) is 42.0 Å². The average Bonchev–Trinajstić information content (AvgIpc) is 2.99. The molecule has 0 radical (unpaired) electrons. The standard InChI is InChI=1S/C22H27BrN2O3/c1-27-19-11-9-18(10-12-19)24-13-5-14-25(16-15-24)22(26)8-4-17-28-21-7-3-2-6-20(21)23/h2-3,6-7,9-12H,4-5,8,13-17H2,1H3. The smallest absolute Gasteiger partial charge is 0.222 e. The normalized spacial score (nSPS) is 14.5. The number of halogens is 1. The number of carbonyl (C=O) groups is 1. The summed E-state index contributed by atoms with van der Waals surface area (Å²) in [6.45, 7) is 3.93. The summed E-state index contributed by atoms with van der Waals surface area (Å²) < 4.78 is 11.9. The summed E-state index contributed by atoms with van der Waals surface area (Å²) in [7, 11) is 1.67. The quantitative estimate of drug-likeness (QED) is 0.592. The van der Waals surface area contributed by atoms with Crippen molar-refractivity contribution in [1.82, 2.24) is 4.90 Å². The summed E-state index contributed by atoms with van der Waals surface area (Å²) in [6, 6.07) is 15.9. The van der Waals surface area contributed by atoms with Crippen molar-refractivity contribution in [2.75, 3.05) is 44.8 Å². The first-order valence-electron chi connectivity index (χ1n) is 9.71. The van der Waals surface area contributed by atoms with E-state index in [4.69, 9.17) is 9.47 Å². The van der Waals surface area contributed by atoms with Gasteiger partial charge in [-0.15, -0.1) is 0 Å². The number of para-hydroxylation sites is 1. The minimum absolute atomic E-state index is 0.215. The van der Waals surface area contributed by atoms with Crippen LogP contribution in [0, 0.1) is 0 Å². The maximum absolute atomic E-state index is 12.6. The van der Waals surface area contributed by atoms with Gasteiger partial charge in [-0.2, -0.15) is 0 Å². The van der Waals surface area contributed by atoms with Gasteiger partial charge in [0.1, 0.15) is 11.5 Å². The van der Waals surface area contributed by atoms with Gasteiger partial charge in [-0.1, -0.05) is 12.1 Å². The number of hydrogen-bond acceptors (Lipinski definition) is 4. The van der Waals surface area contributed by atoms with Gasteiger partial charge < -0.3 is 19.3 Å². The lowest BCUT2D eigenvalue weighted by Gasteiger charge is -2.24. The van der Waals surface area contributed by atoms with Crippen molar-refractivity contribution >= 4 is 27.5 Å². The zero-order valence-corrected chi connectivity index (χ0v) is 17.9. The highest BCUT2D eigenvalue weighted by Crippen LogP contribution is 2.24. The van der Waals surface area contributed by atoms with Gasteiger partial charge in [0.2, 0.25) is 5.91 Å². The Morgan fingerprint density at radius 2 is 1.82 bits per heavy atom. The van der Waals surface area contributed by atoms with Crippen LogP contribution in [0.1, 0.15) is 19.3 Å².